The molecule has 1 saturated carbocycles. The van der Waals surface area contributed by atoms with Gasteiger partial charge in [0.05, 0.1) is 23.3 Å². The second kappa shape index (κ2) is 9.27. The van der Waals surface area contributed by atoms with Crippen LogP contribution < -0.4 is 15.4 Å². The normalized spacial score (nSPS) is 15.5. The van der Waals surface area contributed by atoms with Crippen LogP contribution in [0.5, 0.6) is 5.75 Å². The number of alkyl halides is 3. The van der Waals surface area contributed by atoms with Gasteiger partial charge < -0.3 is 15.4 Å². The minimum Gasteiger partial charge on any atom is -0.404 e. The van der Waals surface area contributed by atoms with Gasteiger partial charge in [-0.2, -0.15) is 15.2 Å². The molecule has 1 aliphatic rings. The molecule has 2 amide bonds. The summed E-state index contributed by atoms with van der Waals surface area (Å²) in [6.45, 7) is 3.65. The number of amides is 2. The minimum absolute atomic E-state index is 0.0186. The maximum atomic E-state index is 12.9. The summed E-state index contributed by atoms with van der Waals surface area (Å²) in [6.07, 6.45) is -2.81. The molecule has 3 rings (SSSR count). The van der Waals surface area contributed by atoms with Crippen molar-refractivity contribution in [2.45, 2.75) is 57.1 Å². The van der Waals surface area contributed by atoms with E-state index >= 15 is 0 Å². The molecular weight excluding hydrogens is 465 g/mol. The van der Waals surface area contributed by atoms with E-state index in [2.05, 4.69) is 25.6 Å². The smallest absolute Gasteiger partial charge is 0.404 e. The Morgan fingerprint density at radius 1 is 1.36 bits per heavy atom. The van der Waals surface area contributed by atoms with Gasteiger partial charge >= 0.3 is 6.36 Å². The molecule has 1 fully saturated rings. The van der Waals surface area contributed by atoms with Crippen molar-refractivity contribution in [1.29, 1.82) is 5.26 Å². The first kappa shape index (κ1) is 24.3. The van der Waals surface area contributed by atoms with E-state index in [4.69, 9.17) is 11.6 Å². The van der Waals surface area contributed by atoms with Gasteiger partial charge in [-0.05, 0) is 44.4 Å². The third kappa shape index (κ3) is 6.35. The van der Waals surface area contributed by atoms with Gasteiger partial charge in [0.15, 0.2) is 5.69 Å². The maximum Gasteiger partial charge on any atom is 0.573 e. The number of rotatable bonds is 8. The Morgan fingerprint density at radius 3 is 2.58 bits per heavy atom. The van der Waals surface area contributed by atoms with E-state index in [1.807, 2.05) is 19.9 Å². The van der Waals surface area contributed by atoms with Crippen molar-refractivity contribution in [1.82, 2.24) is 25.6 Å². The fourth-order valence-electron chi connectivity index (χ4n) is 2.90. The van der Waals surface area contributed by atoms with Gasteiger partial charge in [0.2, 0.25) is 5.91 Å². The number of carbonyl (C=O) groups is 2. The molecule has 0 aliphatic heterocycles. The molecule has 1 aromatic carbocycles. The number of halogens is 4. The molecule has 0 spiro atoms. The summed E-state index contributed by atoms with van der Waals surface area (Å²) in [5.41, 5.74) is -0.638. The fourth-order valence-corrected chi connectivity index (χ4v) is 3.14. The summed E-state index contributed by atoms with van der Waals surface area (Å²) < 4.78 is 41.3. The molecule has 1 atom stereocenters. The highest BCUT2D eigenvalue weighted by Gasteiger charge is 2.45. The lowest BCUT2D eigenvalue weighted by molar-refractivity contribution is -0.274. The molecule has 33 heavy (non-hydrogen) atoms. The van der Waals surface area contributed by atoms with Crippen LogP contribution in [0.2, 0.25) is 5.02 Å². The van der Waals surface area contributed by atoms with E-state index < -0.39 is 35.5 Å². The second-order valence-electron chi connectivity index (χ2n) is 7.87. The van der Waals surface area contributed by atoms with E-state index in [1.165, 1.54) is 23.1 Å². The minimum atomic E-state index is -4.91. The molecule has 13 heteroatoms. The SMILES string of the molecule is CC(C)n1ncc(C(=O)N[C@@H](Cc2ccc(OC(F)(F)F)c(Cl)c2)C(=O)NC2(C#N)CC2)n1. The highest BCUT2D eigenvalue weighted by Crippen LogP contribution is 2.34. The van der Waals surface area contributed by atoms with Crippen molar-refractivity contribution < 1.29 is 27.5 Å². The number of aromatic nitrogens is 3. The summed E-state index contributed by atoms with van der Waals surface area (Å²) in [6, 6.07) is 4.31. The van der Waals surface area contributed by atoms with Crippen molar-refractivity contribution in [3.63, 3.8) is 0 Å². The number of nitrogens with one attached hydrogen (secondary N) is 2. The molecule has 0 radical (unpaired) electrons. The van der Waals surface area contributed by atoms with E-state index in [0.717, 1.165) is 6.07 Å². The van der Waals surface area contributed by atoms with Gasteiger partial charge in [0.1, 0.15) is 17.3 Å². The van der Waals surface area contributed by atoms with Gasteiger partial charge in [0.25, 0.3) is 5.91 Å². The van der Waals surface area contributed by atoms with Crippen LogP contribution in [0.4, 0.5) is 13.2 Å². The van der Waals surface area contributed by atoms with Crippen molar-refractivity contribution in [3.05, 3.63) is 40.7 Å². The number of hydrogen-bond donors (Lipinski definition) is 2. The largest absolute Gasteiger partial charge is 0.573 e. The van der Waals surface area contributed by atoms with Crippen LogP contribution in [0.3, 0.4) is 0 Å². The zero-order valence-corrected chi connectivity index (χ0v) is 18.4. The van der Waals surface area contributed by atoms with Crippen molar-refractivity contribution in [2.75, 3.05) is 0 Å². The number of nitrogens with zero attached hydrogens (tertiary/aromatic N) is 4. The standard InChI is InChI=1S/C20H20ClF3N6O3/c1-11(2)30-26-9-15(29-30)17(31)27-14(18(32)28-19(10-25)5-6-19)8-12-3-4-16(13(21)7-12)33-20(22,23)24/h3-4,7,9,11,14H,5-6,8H2,1-2H3,(H,27,31)(H,28,32)/t14-/m0/s1. The number of carbonyl (C=O) groups excluding carboxylic acids is 2. The van der Waals surface area contributed by atoms with Gasteiger partial charge in [-0.15, -0.1) is 18.3 Å². The first-order valence-corrected chi connectivity index (χ1v) is 10.3. The number of nitriles is 1. The molecule has 176 valence electrons. The first-order valence-electron chi connectivity index (χ1n) is 9.91. The van der Waals surface area contributed by atoms with Crippen LogP contribution in [0, 0.1) is 11.3 Å². The third-order valence-electron chi connectivity index (χ3n) is 4.81. The Labute approximate surface area is 191 Å². The monoisotopic (exact) mass is 484 g/mol. The maximum absolute atomic E-state index is 12.9. The Balaban J connectivity index is 1.79. The van der Waals surface area contributed by atoms with Crippen LogP contribution in [0.25, 0.3) is 0 Å². The van der Waals surface area contributed by atoms with Crippen molar-refractivity contribution >= 4 is 23.4 Å². The number of hydrogen-bond acceptors (Lipinski definition) is 6. The lowest BCUT2D eigenvalue weighted by Gasteiger charge is -2.20. The van der Waals surface area contributed by atoms with Crippen LogP contribution in [-0.2, 0) is 11.2 Å². The first-order chi connectivity index (χ1) is 15.4. The van der Waals surface area contributed by atoms with Gasteiger partial charge in [-0.3, -0.25) is 9.59 Å². The van der Waals surface area contributed by atoms with Crippen LogP contribution in [0.15, 0.2) is 24.4 Å². The van der Waals surface area contributed by atoms with Crippen LogP contribution in [-0.4, -0.2) is 44.8 Å². The van der Waals surface area contributed by atoms with E-state index in [-0.39, 0.29) is 23.2 Å². The fraction of sp³-hybridized carbons (Fsp3) is 0.450. The summed E-state index contributed by atoms with van der Waals surface area (Å²) in [5.74, 6) is -1.89. The summed E-state index contributed by atoms with van der Waals surface area (Å²) in [4.78, 5) is 26.9. The average molecular weight is 485 g/mol. The highest BCUT2D eigenvalue weighted by molar-refractivity contribution is 6.32. The second-order valence-corrected chi connectivity index (χ2v) is 8.28. The van der Waals surface area contributed by atoms with Gasteiger partial charge in [0, 0.05) is 6.42 Å². The molecule has 1 heterocycles. The number of ether oxygens (including phenoxy) is 1. The third-order valence-corrected chi connectivity index (χ3v) is 5.11. The highest BCUT2D eigenvalue weighted by atomic mass is 35.5. The molecular formula is C20H20ClF3N6O3. The van der Waals surface area contributed by atoms with E-state index in [9.17, 15) is 28.0 Å². The molecule has 0 saturated heterocycles. The van der Waals surface area contributed by atoms with Crippen molar-refractivity contribution in [3.8, 4) is 11.8 Å². The van der Waals surface area contributed by atoms with E-state index in [1.54, 1.807) is 0 Å². The zero-order valence-electron chi connectivity index (χ0n) is 17.6. The Hall–Kier alpha value is -3.33. The molecule has 1 aliphatic carbocycles. The summed E-state index contributed by atoms with van der Waals surface area (Å²) in [7, 11) is 0. The topological polar surface area (TPSA) is 122 Å². The lowest BCUT2D eigenvalue weighted by Crippen LogP contribution is -2.51. The molecule has 0 unspecified atom stereocenters. The van der Waals surface area contributed by atoms with Gasteiger partial charge in [-0.25, -0.2) is 0 Å². The quantitative estimate of drug-likeness (QED) is 0.594. The Bertz CT molecular complexity index is 1090. The average Bonchev–Trinajstić information content (AvgIpc) is 3.30. The van der Waals surface area contributed by atoms with Crippen LogP contribution in [0.1, 0.15) is 48.8 Å². The molecule has 1 aromatic heterocycles. The Morgan fingerprint density at radius 2 is 2.06 bits per heavy atom. The summed E-state index contributed by atoms with van der Waals surface area (Å²) >= 11 is 5.89. The zero-order chi connectivity index (χ0) is 24.4. The van der Waals surface area contributed by atoms with E-state index in [0.29, 0.717) is 18.4 Å². The molecule has 0 bridgehead atoms. The predicted octanol–water partition coefficient (Wildman–Crippen LogP) is 2.92. The predicted molar refractivity (Wildman–Crippen MR) is 109 cm³/mol. The lowest BCUT2D eigenvalue weighted by atomic mass is 10.0. The molecule has 2 aromatic rings. The summed E-state index contributed by atoms with van der Waals surface area (Å²) in [5, 5.41) is 22.1. The van der Waals surface area contributed by atoms with Gasteiger partial charge in [-0.1, -0.05) is 17.7 Å². The Kier molecular flexibility index (Phi) is 6.83. The molecule has 2 N–H and O–H groups in total. The van der Waals surface area contributed by atoms with Crippen LogP contribution >= 0.6 is 11.6 Å². The van der Waals surface area contributed by atoms with Crippen molar-refractivity contribution in [2.24, 2.45) is 0 Å². The number of benzene rings is 1. The molecule has 9 nitrogen and oxygen atoms in total.